The number of aromatic nitrogens is 3. The summed E-state index contributed by atoms with van der Waals surface area (Å²) >= 11 is 0. The third-order valence-electron chi connectivity index (χ3n) is 6.54. The number of fused-ring (bicyclic) bond motifs is 1. The Bertz CT molecular complexity index is 1330. The van der Waals surface area contributed by atoms with Crippen molar-refractivity contribution in [1.29, 1.82) is 0 Å². The number of ether oxygens (including phenoxy) is 3. The molecule has 1 aliphatic carbocycles. The van der Waals surface area contributed by atoms with E-state index in [9.17, 15) is 4.79 Å². The highest BCUT2D eigenvalue weighted by molar-refractivity contribution is 5.94. The van der Waals surface area contributed by atoms with Crippen molar-refractivity contribution in [2.45, 2.75) is 44.7 Å². The number of methoxy groups -OCH3 is 2. The van der Waals surface area contributed by atoms with E-state index in [-0.39, 0.29) is 5.97 Å². The van der Waals surface area contributed by atoms with Gasteiger partial charge in [0.2, 0.25) is 0 Å². The summed E-state index contributed by atoms with van der Waals surface area (Å²) in [6, 6.07) is 17.1. The highest BCUT2D eigenvalue weighted by Gasteiger charge is 2.21. The molecule has 5 rings (SSSR count). The van der Waals surface area contributed by atoms with Gasteiger partial charge in [-0.15, -0.1) is 0 Å². The van der Waals surface area contributed by atoms with Crippen LogP contribution in [0.25, 0.3) is 11.0 Å². The minimum atomic E-state index is -0.383. The average Bonchev–Trinajstić information content (AvgIpc) is 3.27. The molecular formula is C28H30N4O4. The average molecular weight is 487 g/mol. The van der Waals surface area contributed by atoms with Crippen LogP contribution in [0.2, 0.25) is 0 Å². The van der Waals surface area contributed by atoms with Crippen molar-refractivity contribution < 1.29 is 19.0 Å². The SMILES string of the molecule is COC(=O)c1ccc(Oc2ccnc3c2c(NC2CCCCC2)nn3Cc2ccc(OC)cc2)cc1. The van der Waals surface area contributed by atoms with E-state index in [4.69, 9.17) is 19.3 Å². The first kappa shape index (κ1) is 23.7. The number of carbonyl (C=O) groups is 1. The van der Waals surface area contributed by atoms with Gasteiger partial charge in [-0.1, -0.05) is 31.4 Å². The van der Waals surface area contributed by atoms with Crippen molar-refractivity contribution in [2.75, 3.05) is 19.5 Å². The molecule has 4 aromatic rings. The highest BCUT2D eigenvalue weighted by Crippen LogP contribution is 2.35. The van der Waals surface area contributed by atoms with Crippen molar-refractivity contribution in [3.63, 3.8) is 0 Å². The molecule has 0 aliphatic heterocycles. The summed E-state index contributed by atoms with van der Waals surface area (Å²) in [5, 5.41) is 9.46. The van der Waals surface area contributed by atoms with E-state index in [1.807, 2.05) is 35.0 Å². The Balaban J connectivity index is 1.50. The normalized spacial score (nSPS) is 13.9. The molecule has 8 heteroatoms. The Morgan fingerprint density at radius 3 is 2.39 bits per heavy atom. The predicted molar refractivity (Wildman–Crippen MR) is 138 cm³/mol. The van der Waals surface area contributed by atoms with Crippen molar-refractivity contribution in [1.82, 2.24) is 14.8 Å². The Hall–Kier alpha value is -4.07. The number of carbonyl (C=O) groups excluding carboxylic acids is 1. The molecule has 0 amide bonds. The number of hydrogen-bond acceptors (Lipinski definition) is 7. The van der Waals surface area contributed by atoms with Crippen molar-refractivity contribution in [3.05, 3.63) is 71.9 Å². The number of nitrogens with zero attached hydrogens (tertiary/aromatic N) is 3. The third-order valence-corrected chi connectivity index (χ3v) is 6.54. The van der Waals surface area contributed by atoms with E-state index in [1.165, 1.54) is 26.4 Å². The summed E-state index contributed by atoms with van der Waals surface area (Å²) in [6.45, 7) is 0.567. The zero-order valence-corrected chi connectivity index (χ0v) is 20.6. The number of rotatable bonds is 8. The standard InChI is InChI=1S/C28H30N4O4/c1-34-22-12-8-19(9-13-22)18-32-27-25(26(31-32)30-21-6-4-3-5-7-21)24(16-17-29-27)36-23-14-10-20(11-15-23)28(33)35-2/h8-17,21H,3-7,18H2,1-2H3,(H,30,31). The molecule has 2 aromatic heterocycles. The molecule has 0 unspecified atom stereocenters. The van der Waals surface area contributed by atoms with E-state index < -0.39 is 0 Å². The fourth-order valence-corrected chi connectivity index (χ4v) is 4.61. The Morgan fingerprint density at radius 2 is 1.69 bits per heavy atom. The van der Waals surface area contributed by atoms with Crippen LogP contribution in [0.3, 0.4) is 0 Å². The van der Waals surface area contributed by atoms with Crippen LogP contribution in [0.5, 0.6) is 17.2 Å². The van der Waals surface area contributed by atoms with E-state index in [1.54, 1.807) is 37.6 Å². The van der Waals surface area contributed by atoms with Crippen molar-refractivity contribution >= 4 is 22.8 Å². The lowest BCUT2D eigenvalue weighted by Crippen LogP contribution is -2.22. The summed E-state index contributed by atoms with van der Waals surface area (Å²) in [6.07, 6.45) is 7.70. The second-order valence-corrected chi connectivity index (χ2v) is 8.96. The number of anilines is 1. The number of hydrogen-bond donors (Lipinski definition) is 1. The Kier molecular flexibility index (Phi) is 7.02. The van der Waals surface area contributed by atoms with Crippen LogP contribution in [-0.4, -0.2) is 41.0 Å². The van der Waals surface area contributed by atoms with Crippen LogP contribution >= 0.6 is 0 Å². The van der Waals surface area contributed by atoms with E-state index in [0.717, 1.165) is 41.0 Å². The van der Waals surface area contributed by atoms with Crippen LogP contribution in [0.15, 0.2) is 60.8 Å². The van der Waals surface area contributed by atoms with Crippen LogP contribution in [-0.2, 0) is 11.3 Å². The molecular weight excluding hydrogens is 456 g/mol. The first-order valence-corrected chi connectivity index (χ1v) is 12.3. The zero-order valence-electron chi connectivity index (χ0n) is 20.6. The maximum Gasteiger partial charge on any atom is 0.337 e. The molecule has 1 fully saturated rings. The third kappa shape index (κ3) is 5.12. The molecule has 36 heavy (non-hydrogen) atoms. The van der Waals surface area contributed by atoms with Gasteiger partial charge in [0.05, 0.1) is 26.3 Å². The van der Waals surface area contributed by atoms with Gasteiger partial charge >= 0.3 is 5.97 Å². The van der Waals surface area contributed by atoms with Gasteiger partial charge in [-0.2, -0.15) is 5.10 Å². The fourth-order valence-electron chi connectivity index (χ4n) is 4.61. The second-order valence-electron chi connectivity index (χ2n) is 8.96. The molecule has 2 heterocycles. The molecule has 1 N–H and O–H groups in total. The van der Waals surface area contributed by atoms with Gasteiger partial charge in [-0.25, -0.2) is 14.5 Å². The molecule has 1 aliphatic rings. The monoisotopic (exact) mass is 486 g/mol. The molecule has 1 saturated carbocycles. The minimum Gasteiger partial charge on any atom is -0.497 e. The minimum absolute atomic E-state index is 0.374. The molecule has 2 aromatic carbocycles. The lowest BCUT2D eigenvalue weighted by molar-refractivity contribution is 0.0600. The van der Waals surface area contributed by atoms with Crippen LogP contribution in [0.1, 0.15) is 48.0 Å². The number of esters is 1. The summed E-state index contributed by atoms with van der Waals surface area (Å²) in [4.78, 5) is 16.5. The fraction of sp³-hybridized carbons (Fsp3) is 0.321. The topological polar surface area (TPSA) is 87.5 Å². The van der Waals surface area contributed by atoms with Gasteiger partial charge in [0, 0.05) is 18.3 Å². The smallest absolute Gasteiger partial charge is 0.337 e. The number of nitrogens with one attached hydrogen (secondary N) is 1. The number of benzene rings is 2. The summed E-state index contributed by atoms with van der Waals surface area (Å²) < 4.78 is 18.3. The van der Waals surface area contributed by atoms with E-state index in [2.05, 4.69) is 10.3 Å². The molecule has 0 saturated heterocycles. The van der Waals surface area contributed by atoms with Gasteiger partial charge in [-0.05, 0) is 54.8 Å². The maximum absolute atomic E-state index is 11.8. The quantitative estimate of drug-likeness (QED) is 0.314. The lowest BCUT2D eigenvalue weighted by atomic mass is 9.95. The van der Waals surface area contributed by atoms with Crippen LogP contribution in [0, 0.1) is 0 Å². The Labute approximate surface area is 210 Å². The molecule has 8 nitrogen and oxygen atoms in total. The van der Waals surface area contributed by atoms with Crippen molar-refractivity contribution in [2.24, 2.45) is 0 Å². The predicted octanol–water partition coefficient (Wildman–Crippen LogP) is 5.81. The first-order valence-electron chi connectivity index (χ1n) is 12.3. The van der Waals surface area contributed by atoms with Gasteiger partial charge in [0.25, 0.3) is 0 Å². The zero-order chi connectivity index (χ0) is 24.9. The van der Waals surface area contributed by atoms with E-state index in [0.29, 0.717) is 29.6 Å². The number of pyridine rings is 1. The van der Waals surface area contributed by atoms with Crippen LogP contribution < -0.4 is 14.8 Å². The molecule has 0 atom stereocenters. The highest BCUT2D eigenvalue weighted by atomic mass is 16.5. The second kappa shape index (κ2) is 10.7. The molecule has 0 bridgehead atoms. The summed E-state index contributed by atoms with van der Waals surface area (Å²) in [5.41, 5.74) is 2.31. The summed E-state index contributed by atoms with van der Waals surface area (Å²) in [7, 11) is 3.03. The van der Waals surface area contributed by atoms with Gasteiger partial charge in [0.1, 0.15) is 22.6 Å². The largest absolute Gasteiger partial charge is 0.497 e. The van der Waals surface area contributed by atoms with Crippen LogP contribution in [0.4, 0.5) is 5.82 Å². The molecule has 0 radical (unpaired) electrons. The molecule has 0 spiro atoms. The maximum atomic E-state index is 11.8. The first-order chi connectivity index (χ1) is 17.6. The van der Waals surface area contributed by atoms with Gasteiger partial charge in [0.15, 0.2) is 11.5 Å². The Morgan fingerprint density at radius 1 is 0.972 bits per heavy atom. The van der Waals surface area contributed by atoms with Gasteiger partial charge < -0.3 is 19.5 Å². The molecule has 186 valence electrons. The summed E-state index contributed by atoms with van der Waals surface area (Å²) in [5.74, 6) is 2.48. The van der Waals surface area contributed by atoms with Crippen molar-refractivity contribution in [3.8, 4) is 17.2 Å². The lowest BCUT2D eigenvalue weighted by Gasteiger charge is -2.22. The van der Waals surface area contributed by atoms with Gasteiger partial charge in [-0.3, -0.25) is 0 Å². The van der Waals surface area contributed by atoms with E-state index >= 15 is 0 Å².